The lowest BCUT2D eigenvalue weighted by molar-refractivity contribution is 0.0778. The van der Waals surface area contributed by atoms with E-state index < -0.39 is 5.82 Å². The molecule has 0 aromatic heterocycles. The van der Waals surface area contributed by atoms with E-state index in [0.717, 1.165) is 6.42 Å². The molecule has 3 nitrogen and oxygen atoms in total. The van der Waals surface area contributed by atoms with Gasteiger partial charge in [0.15, 0.2) is 0 Å². The standard InChI is InChI=1S/C12H15BrFNO2/c1-15(6-3-7-17-2)12(16)10-8-9(14)4-5-11(10)13/h4-5,8H,3,6-7H2,1-2H3. The van der Waals surface area contributed by atoms with Gasteiger partial charge in [-0.1, -0.05) is 0 Å². The number of carbonyl (C=O) groups excluding carboxylic acids is 1. The molecule has 0 saturated heterocycles. The van der Waals surface area contributed by atoms with Crippen LogP contribution in [-0.4, -0.2) is 38.1 Å². The number of hydrogen-bond donors (Lipinski definition) is 0. The van der Waals surface area contributed by atoms with Crippen LogP contribution in [0, 0.1) is 5.82 Å². The molecule has 0 radical (unpaired) electrons. The molecular formula is C12H15BrFNO2. The Morgan fingerprint density at radius 3 is 2.88 bits per heavy atom. The summed E-state index contributed by atoms with van der Waals surface area (Å²) in [5, 5.41) is 0. The summed E-state index contributed by atoms with van der Waals surface area (Å²) in [7, 11) is 3.31. The molecule has 0 aliphatic rings. The zero-order valence-corrected chi connectivity index (χ0v) is 11.5. The van der Waals surface area contributed by atoms with Crippen LogP contribution < -0.4 is 0 Å². The van der Waals surface area contributed by atoms with Crippen LogP contribution in [0.25, 0.3) is 0 Å². The number of halogens is 2. The van der Waals surface area contributed by atoms with Crippen molar-refractivity contribution in [1.82, 2.24) is 4.90 Å². The smallest absolute Gasteiger partial charge is 0.254 e. The summed E-state index contributed by atoms with van der Waals surface area (Å²) in [6, 6.07) is 4.08. The highest BCUT2D eigenvalue weighted by Gasteiger charge is 2.15. The molecule has 5 heteroatoms. The summed E-state index contributed by atoms with van der Waals surface area (Å²) >= 11 is 3.24. The van der Waals surface area contributed by atoms with Gasteiger partial charge in [-0.25, -0.2) is 4.39 Å². The third kappa shape index (κ3) is 4.09. The molecule has 0 bridgehead atoms. The zero-order chi connectivity index (χ0) is 12.8. The van der Waals surface area contributed by atoms with Crippen molar-refractivity contribution in [3.8, 4) is 0 Å². The average molecular weight is 304 g/mol. The maximum Gasteiger partial charge on any atom is 0.254 e. The van der Waals surface area contributed by atoms with Crippen LogP contribution in [0.1, 0.15) is 16.8 Å². The van der Waals surface area contributed by atoms with Gasteiger partial charge in [-0.3, -0.25) is 4.79 Å². The Bertz CT molecular complexity index is 398. The molecule has 0 aliphatic heterocycles. The normalized spacial score (nSPS) is 10.4. The van der Waals surface area contributed by atoms with Gasteiger partial charge in [0.25, 0.3) is 5.91 Å². The third-order valence-electron chi connectivity index (χ3n) is 2.35. The monoisotopic (exact) mass is 303 g/mol. The Morgan fingerprint density at radius 2 is 2.24 bits per heavy atom. The van der Waals surface area contributed by atoms with Gasteiger partial charge >= 0.3 is 0 Å². The lowest BCUT2D eigenvalue weighted by atomic mass is 10.2. The summed E-state index contributed by atoms with van der Waals surface area (Å²) in [6.45, 7) is 1.18. The molecule has 1 amide bonds. The molecular weight excluding hydrogens is 289 g/mol. The van der Waals surface area contributed by atoms with Crippen LogP contribution in [0.2, 0.25) is 0 Å². The van der Waals surface area contributed by atoms with E-state index in [1.165, 1.54) is 18.2 Å². The molecule has 17 heavy (non-hydrogen) atoms. The Hall–Kier alpha value is -0.940. The van der Waals surface area contributed by atoms with Crippen molar-refractivity contribution >= 4 is 21.8 Å². The van der Waals surface area contributed by atoms with Crippen molar-refractivity contribution in [3.63, 3.8) is 0 Å². The Balaban J connectivity index is 2.71. The molecule has 0 aliphatic carbocycles. The number of rotatable bonds is 5. The van der Waals surface area contributed by atoms with Crippen LogP contribution in [0.15, 0.2) is 22.7 Å². The number of ether oxygens (including phenoxy) is 1. The van der Waals surface area contributed by atoms with E-state index in [2.05, 4.69) is 15.9 Å². The molecule has 0 fully saturated rings. The molecule has 0 N–H and O–H groups in total. The second kappa shape index (κ2) is 6.71. The minimum Gasteiger partial charge on any atom is -0.385 e. The largest absolute Gasteiger partial charge is 0.385 e. The van der Waals surface area contributed by atoms with Gasteiger partial charge in [-0.05, 0) is 40.5 Å². The zero-order valence-electron chi connectivity index (χ0n) is 9.87. The van der Waals surface area contributed by atoms with Crippen LogP contribution in [0.3, 0.4) is 0 Å². The fourth-order valence-electron chi connectivity index (χ4n) is 1.41. The molecule has 0 saturated carbocycles. The summed E-state index contributed by atoms with van der Waals surface area (Å²) in [6.07, 6.45) is 0.756. The van der Waals surface area contributed by atoms with Gasteiger partial charge < -0.3 is 9.64 Å². The van der Waals surface area contributed by atoms with Crippen LogP contribution in [-0.2, 0) is 4.74 Å². The van der Waals surface area contributed by atoms with Gasteiger partial charge in [-0.15, -0.1) is 0 Å². The van der Waals surface area contributed by atoms with E-state index in [-0.39, 0.29) is 5.91 Å². The quantitative estimate of drug-likeness (QED) is 0.783. The minimum absolute atomic E-state index is 0.201. The average Bonchev–Trinajstić information content (AvgIpc) is 2.31. The Labute approximate surface area is 109 Å². The van der Waals surface area contributed by atoms with E-state index in [0.29, 0.717) is 23.2 Å². The lowest BCUT2D eigenvalue weighted by Gasteiger charge is -2.17. The molecule has 94 valence electrons. The van der Waals surface area contributed by atoms with E-state index >= 15 is 0 Å². The Kier molecular flexibility index (Phi) is 5.58. The lowest BCUT2D eigenvalue weighted by Crippen LogP contribution is -2.28. The molecule has 0 atom stereocenters. The first-order valence-electron chi connectivity index (χ1n) is 5.25. The first-order valence-corrected chi connectivity index (χ1v) is 6.05. The number of benzene rings is 1. The fourth-order valence-corrected chi connectivity index (χ4v) is 1.83. The first-order chi connectivity index (χ1) is 8.06. The van der Waals surface area contributed by atoms with Crippen molar-refractivity contribution in [3.05, 3.63) is 34.1 Å². The maximum absolute atomic E-state index is 13.1. The van der Waals surface area contributed by atoms with Crippen molar-refractivity contribution in [1.29, 1.82) is 0 Å². The second-order valence-corrected chi connectivity index (χ2v) is 4.55. The van der Waals surface area contributed by atoms with Crippen LogP contribution in [0.4, 0.5) is 4.39 Å². The number of hydrogen-bond acceptors (Lipinski definition) is 2. The van der Waals surface area contributed by atoms with Crippen LogP contribution >= 0.6 is 15.9 Å². The van der Waals surface area contributed by atoms with Crippen LogP contribution in [0.5, 0.6) is 0 Å². The Morgan fingerprint density at radius 1 is 1.53 bits per heavy atom. The van der Waals surface area contributed by atoms with Gasteiger partial charge in [-0.2, -0.15) is 0 Å². The van der Waals surface area contributed by atoms with Crippen molar-refractivity contribution < 1.29 is 13.9 Å². The predicted octanol–water partition coefficient (Wildman–Crippen LogP) is 2.70. The summed E-state index contributed by atoms with van der Waals surface area (Å²) in [5.74, 6) is -0.616. The molecule has 1 rings (SSSR count). The molecule has 0 heterocycles. The van der Waals surface area contributed by atoms with Crippen molar-refractivity contribution in [2.24, 2.45) is 0 Å². The predicted molar refractivity (Wildman–Crippen MR) is 67.6 cm³/mol. The SMILES string of the molecule is COCCCN(C)C(=O)c1cc(F)ccc1Br. The van der Waals surface area contributed by atoms with E-state index in [9.17, 15) is 9.18 Å². The first kappa shape index (κ1) is 14.1. The van der Waals surface area contributed by atoms with Gasteiger partial charge in [0.1, 0.15) is 5.82 Å². The highest BCUT2D eigenvalue weighted by Crippen LogP contribution is 2.19. The highest BCUT2D eigenvalue weighted by atomic mass is 79.9. The third-order valence-corrected chi connectivity index (χ3v) is 3.04. The van der Waals surface area contributed by atoms with E-state index in [1.54, 1.807) is 19.1 Å². The molecule has 1 aromatic rings. The van der Waals surface area contributed by atoms with Crippen molar-refractivity contribution in [2.75, 3.05) is 27.3 Å². The number of nitrogens with zero attached hydrogens (tertiary/aromatic N) is 1. The van der Waals surface area contributed by atoms with Gasteiger partial charge in [0.05, 0.1) is 5.56 Å². The van der Waals surface area contributed by atoms with E-state index in [1.807, 2.05) is 0 Å². The fraction of sp³-hybridized carbons (Fsp3) is 0.417. The molecule has 0 spiro atoms. The number of amides is 1. The van der Waals surface area contributed by atoms with Gasteiger partial charge in [0, 0.05) is 31.8 Å². The topological polar surface area (TPSA) is 29.5 Å². The summed E-state index contributed by atoms with van der Waals surface area (Å²) in [5.41, 5.74) is 0.338. The minimum atomic E-state index is -0.415. The number of carbonyl (C=O) groups is 1. The highest BCUT2D eigenvalue weighted by molar-refractivity contribution is 9.10. The van der Waals surface area contributed by atoms with Gasteiger partial charge in [0.2, 0.25) is 0 Å². The van der Waals surface area contributed by atoms with Crippen molar-refractivity contribution in [2.45, 2.75) is 6.42 Å². The maximum atomic E-state index is 13.1. The second-order valence-electron chi connectivity index (χ2n) is 3.70. The molecule has 1 aromatic carbocycles. The number of methoxy groups -OCH3 is 1. The van der Waals surface area contributed by atoms with E-state index in [4.69, 9.17) is 4.74 Å². The summed E-state index contributed by atoms with van der Waals surface area (Å²) in [4.78, 5) is 13.6. The summed E-state index contributed by atoms with van der Waals surface area (Å²) < 4.78 is 18.6. The molecule has 0 unspecified atom stereocenters.